The molecule has 1 aromatic carbocycles. The minimum absolute atomic E-state index is 0.475. The molecule has 0 atom stereocenters. The zero-order valence-electron chi connectivity index (χ0n) is 10.3. The van der Waals surface area contributed by atoms with E-state index in [0.29, 0.717) is 5.92 Å². The number of aryl methyl sites for hydroxylation is 1. The Labute approximate surface area is 96.2 Å². The highest BCUT2D eigenvalue weighted by molar-refractivity contribution is 5.87. The van der Waals surface area contributed by atoms with Gasteiger partial charge >= 0.3 is 0 Å². The van der Waals surface area contributed by atoms with E-state index in [-0.39, 0.29) is 0 Å². The molecule has 16 heavy (non-hydrogen) atoms. The van der Waals surface area contributed by atoms with Crippen molar-refractivity contribution in [1.29, 1.82) is 0 Å². The number of hydrogen-bond acceptors (Lipinski definition) is 2. The molecule has 1 heterocycles. The molecule has 0 aliphatic heterocycles. The van der Waals surface area contributed by atoms with E-state index in [4.69, 9.17) is 9.15 Å². The van der Waals surface area contributed by atoms with Gasteiger partial charge in [-0.3, -0.25) is 0 Å². The Morgan fingerprint density at radius 3 is 2.62 bits per heavy atom. The predicted molar refractivity (Wildman–Crippen MR) is 66.2 cm³/mol. The van der Waals surface area contributed by atoms with Crippen molar-refractivity contribution in [3.05, 3.63) is 29.5 Å². The van der Waals surface area contributed by atoms with Gasteiger partial charge in [-0.1, -0.05) is 32.9 Å². The third-order valence-corrected chi connectivity index (χ3v) is 2.91. The number of hydrogen-bond donors (Lipinski definition) is 0. The Balaban J connectivity index is 2.77. The molecular weight excluding hydrogens is 200 g/mol. The van der Waals surface area contributed by atoms with Gasteiger partial charge in [0, 0.05) is 17.4 Å². The normalized spacial score (nSPS) is 11.3. The molecule has 0 saturated heterocycles. The summed E-state index contributed by atoms with van der Waals surface area (Å²) in [5, 5.41) is 1.19. The molecule has 0 bridgehead atoms. The lowest BCUT2D eigenvalue weighted by Crippen LogP contribution is -1.90. The summed E-state index contributed by atoms with van der Waals surface area (Å²) >= 11 is 0. The Morgan fingerprint density at radius 1 is 1.31 bits per heavy atom. The second-order valence-electron chi connectivity index (χ2n) is 4.28. The minimum Gasteiger partial charge on any atom is -0.493 e. The first-order valence-corrected chi connectivity index (χ1v) is 5.77. The van der Waals surface area contributed by atoms with Gasteiger partial charge in [-0.2, -0.15) is 0 Å². The summed E-state index contributed by atoms with van der Waals surface area (Å²) < 4.78 is 11.2. The zero-order chi connectivity index (χ0) is 11.7. The van der Waals surface area contributed by atoms with Crippen LogP contribution >= 0.6 is 0 Å². The molecule has 0 amide bonds. The summed E-state index contributed by atoms with van der Waals surface area (Å²) in [6, 6.07) is 6.06. The molecule has 0 unspecified atom stereocenters. The first-order chi connectivity index (χ1) is 7.69. The van der Waals surface area contributed by atoms with Crippen molar-refractivity contribution in [2.24, 2.45) is 0 Å². The lowest BCUT2D eigenvalue weighted by Gasteiger charge is -2.04. The molecule has 2 rings (SSSR count). The number of furan rings is 1. The van der Waals surface area contributed by atoms with Crippen molar-refractivity contribution >= 4 is 11.0 Å². The highest BCUT2D eigenvalue weighted by atomic mass is 16.5. The molecule has 0 N–H and O–H groups in total. The lowest BCUT2D eigenvalue weighted by atomic mass is 9.98. The first kappa shape index (κ1) is 11.1. The maximum atomic E-state index is 5.91. The molecule has 0 saturated carbocycles. The monoisotopic (exact) mass is 218 g/mol. The number of benzene rings is 1. The molecule has 2 nitrogen and oxygen atoms in total. The van der Waals surface area contributed by atoms with E-state index >= 15 is 0 Å². The summed E-state index contributed by atoms with van der Waals surface area (Å²) in [5.74, 6) is 2.37. The van der Waals surface area contributed by atoms with E-state index in [1.54, 1.807) is 7.11 Å². The van der Waals surface area contributed by atoms with Gasteiger partial charge < -0.3 is 9.15 Å². The Hall–Kier alpha value is -1.44. The van der Waals surface area contributed by atoms with Crippen molar-refractivity contribution in [3.63, 3.8) is 0 Å². The third-order valence-electron chi connectivity index (χ3n) is 2.91. The first-order valence-electron chi connectivity index (χ1n) is 5.77. The van der Waals surface area contributed by atoms with Crippen molar-refractivity contribution in [3.8, 4) is 5.75 Å². The maximum Gasteiger partial charge on any atom is 0.176 e. The topological polar surface area (TPSA) is 22.4 Å². The maximum absolute atomic E-state index is 5.91. The Kier molecular flexibility index (Phi) is 2.90. The minimum atomic E-state index is 0.475. The van der Waals surface area contributed by atoms with Crippen molar-refractivity contribution < 1.29 is 9.15 Å². The highest BCUT2D eigenvalue weighted by Crippen LogP contribution is 2.36. The fourth-order valence-corrected chi connectivity index (χ4v) is 2.22. The van der Waals surface area contributed by atoms with Gasteiger partial charge in [-0.05, 0) is 12.0 Å². The third kappa shape index (κ3) is 1.58. The van der Waals surface area contributed by atoms with E-state index in [2.05, 4.69) is 26.8 Å². The lowest BCUT2D eigenvalue weighted by molar-refractivity contribution is 0.407. The fourth-order valence-electron chi connectivity index (χ4n) is 2.22. The van der Waals surface area contributed by atoms with E-state index in [1.165, 1.54) is 10.9 Å². The van der Waals surface area contributed by atoms with Crippen LogP contribution in [0.4, 0.5) is 0 Å². The van der Waals surface area contributed by atoms with Gasteiger partial charge in [0.15, 0.2) is 11.3 Å². The largest absolute Gasteiger partial charge is 0.493 e. The fraction of sp³-hybridized carbons (Fsp3) is 0.429. The van der Waals surface area contributed by atoms with Gasteiger partial charge in [0.25, 0.3) is 0 Å². The Morgan fingerprint density at radius 2 is 2.06 bits per heavy atom. The Bertz CT molecular complexity index is 495. The average Bonchev–Trinajstić information content (AvgIpc) is 2.66. The summed E-state index contributed by atoms with van der Waals surface area (Å²) in [4.78, 5) is 0. The summed E-state index contributed by atoms with van der Waals surface area (Å²) in [5.41, 5.74) is 2.20. The molecule has 0 radical (unpaired) electrons. The van der Waals surface area contributed by atoms with Gasteiger partial charge in [0.2, 0.25) is 0 Å². The SMILES string of the molecule is CCc1oc2c(OC)cccc2c1C(C)C. The molecule has 86 valence electrons. The van der Waals surface area contributed by atoms with Crippen LogP contribution in [0.2, 0.25) is 0 Å². The van der Waals surface area contributed by atoms with Gasteiger partial charge in [0.1, 0.15) is 5.76 Å². The van der Waals surface area contributed by atoms with Crippen LogP contribution in [0.15, 0.2) is 22.6 Å². The standard InChI is InChI=1S/C14H18O2/c1-5-11-13(9(2)3)10-7-6-8-12(15-4)14(10)16-11/h6-9H,5H2,1-4H3. The number of rotatable bonds is 3. The van der Waals surface area contributed by atoms with Crippen LogP contribution in [-0.4, -0.2) is 7.11 Å². The number of para-hydroxylation sites is 1. The van der Waals surface area contributed by atoms with Crippen molar-refractivity contribution in [1.82, 2.24) is 0 Å². The summed E-state index contributed by atoms with van der Waals surface area (Å²) in [6.07, 6.45) is 0.922. The highest BCUT2D eigenvalue weighted by Gasteiger charge is 2.17. The summed E-state index contributed by atoms with van der Waals surface area (Å²) in [6.45, 7) is 6.52. The molecule has 0 spiro atoms. The van der Waals surface area contributed by atoms with Gasteiger partial charge in [-0.25, -0.2) is 0 Å². The number of methoxy groups -OCH3 is 1. The molecule has 1 aromatic heterocycles. The van der Waals surface area contributed by atoms with E-state index in [9.17, 15) is 0 Å². The van der Waals surface area contributed by atoms with Crippen molar-refractivity contribution in [2.45, 2.75) is 33.1 Å². The molecule has 2 aromatic rings. The van der Waals surface area contributed by atoms with Crippen LogP contribution < -0.4 is 4.74 Å². The zero-order valence-corrected chi connectivity index (χ0v) is 10.3. The molecule has 0 fully saturated rings. The van der Waals surface area contributed by atoms with E-state index in [0.717, 1.165) is 23.5 Å². The average molecular weight is 218 g/mol. The van der Waals surface area contributed by atoms with Crippen LogP contribution in [-0.2, 0) is 6.42 Å². The quantitative estimate of drug-likeness (QED) is 0.773. The summed E-state index contributed by atoms with van der Waals surface area (Å²) in [7, 11) is 1.68. The molecular formula is C14H18O2. The predicted octanol–water partition coefficient (Wildman–Crippen LogP) is 4.13. The van der Waals surface area contributed by atoms with E-state index < -0.39 is 0 Å². The second kappa shape index (κ2) is 4.20. The van der Waals surface area contributed by atoms with E-state index in [1.807, 2.05) is 12.1 Å². The molecule has 2 heteroatoms. The number of fused-ring (bicyclic) bond motifs is 1. The van der Waals surface area contributed by atoms with Gasteiger partial charge in [0.05, 0.1) is 7.11 Å². The number of ether oxygens (including phenoxy) is 1. The van der Waals surface area contributed by atoms with Crippen LogP contribution in [0.1, 0.15) is 38.0 Å². The van der Waals surface area contributed by atoms with Crippen LogP contribution in [0.25, 0.3) is 11.0 Å². The second-order valence-corrected chi connectivity index (χ2v) is 4.28. The molecule has 0 aliphatic rings. The van der Waals surface area contributed by atoms with Crippen molar-refractivity contribution in [2.75, 3.05) is 7.11 Å². The molecule has 0 aliphatic carbocycles. The smallest absolute Gasteiger partial charge is 0.176 e. The van der Waals surface area contributed by atoms with Crippen LogP contribution in [0.5, 0.6) is 5.75 Å². The van der Waals surface area contributed by atoms with Crippen LogP contribution in [0, 0.1) is 0 Å². The van der Waals surface area contributed by atoms with Gasteiger partial charge in [-0.15, -0.1) is 0 Å². The van der Waals surface area contributed by atoms with Crippen LogP contribution in [0.3, 0.4) is 0 Å².